The van der Waals surface area contributed by atoms with Crippen LogP contribution < -0.4 is 0 Å². The highest BCUT2D eigenvalue weighted by atomic mass is 14.9. The summed E-state index contributed by atoms with van der Waals surface area (Å²) in [6.07, 6.45) is 7.55. The van der Waals surface area contributed by atoms with Gasteiger partial charge in [0.15, 0.2) is 0 Å². The second-order valence-corrected chi connectivity index (χ2v) is 9.61. The largest absolute Gasteiger partial charge is 0.0648 e. The summed E-state index contributed by atoms with van der Waals surface area (Å²) < 4.78 is 0. The SMILES string of the molecule is CCC12C3CC4CCC(C)(C31)C4(C)CC(C)C2(C)C. The molecule has 7 atom stereocenters. The molecule has 0 saturated heterocycles. The van der Waals surface area contributed by atoms with E-state index in [4.69, 9.17) is 0 Å². The zero-order valence-corrected chi connectivity index (χ0v) is 13.8. The third-order valence-electron chi connectivity index (χ3n) is 9.70. The third-order valence-corrected chi connectivity index (χ3v) is 9.70. The van der Waals surface area contributed by atoms with Gasteiger partial charge < -0.3 is 0 Å². The minimum Gasteiger partial charge on any atom is -0.0648 e. The van der Waals surface area contributed by atoms with Crippen molar-refractivity contribution >= 4 is 0 Å². The van der Waals surface area contributed by atoms with E-state index in [-0.39, 0.29) is 0 Å². The molecule has 4 fully saturated rings. The first-order chi connectivity index (χ1) is 8.75. The van der Waals surface area contributed by atoms with E-state index < -0.39 is 0 Å². The molecule has 0 heterocycles. The van der Waals surface area contributed by atoms with Crippen molar-refractivity contribution in [3.8, 4) is 0 Å². The molecule has 108 valence electrons. The molecule has 0 heteroatoms. The van der Waals surface area contributed by atoms with Gasteiger partial charge in [-0.3, -0.25) is 0 Å². The molecule has 4 aliphatic rings. The molecular weight excluding hydrogens is 228 g/mol. The summed E-state index contributed by atoms with van der Waals surface area (Å²) in [7, 11) is 0. The summed E-state index contributed by atoms with van der Waals surface area (Å²) in [5.74, 6) is 4.06. The van der Waals surface area contributed by atoms with Crippen LogP contribution in [-0.2, 0) is 0 Å². The molecule has 4 bridgehead atoms. The van der Waals surface area contributed by atoms with Crippen molar-refractivity contribution in [3.63, 3.8) is 0 Å². The monoisotopic (exact) mass is 260 g/mol. The van der Waals surface area contributed by atoms with E-state index in [1.165, 1.54) is 25.7 Å². The van der Waals surface area contributed by atoms with Crippen molar-refractivity contribution in [3.05, 3.63) is 0 Å². The first kappa shape index (κ1) is 12.7. The molecule has 4 aliphatic carbocycles. The van der Waals surface area contributed by atoms with Crippen molar-refractivity contribution in [2.24, 2.45) is 45.3 Å². The Morgan fingerprint density at radius 3 is 2.37 bits per heavy atom. The highest BCUT2D eigenvalue weighted by Crippen LogP contribution is 2.89. The number of fused-ring (bicyclic) bond motifs is 1. The second-order valence-electron chi connectivity index (χ2n) is 9.61. The van der Waals surface area contributed by atoms with Crippen molar-refractivity contribution in [2.45, 2.75) is 73.6 Å². The summed E-state index contributed by atoms with van der Waals surface area (Å²) in [6, 6.07) is 0. The van der Waals surface area contributed by atoms with Crippen LogP contribution in [0.4, 0.5) is 0 Å². The van der Waals surface area contributed by atoms with Crippen LogP contribution in [0, 0.1) is 45.3 Å². The van der Waals surface area contributed by atoms with Crippen LogP contribution in [0.1, 0.15) is 73.6 Å². The van der Waals surface area contributed by atoms with E-state index in [0.717, 1.165) is 23.7 Å². The Labute approximate surface area is 119 Å². The van der Waals surface area contributed by atoms with Gasteiger partial charge in [-0.15, -0.1) is 0 Å². The van der Waals surface area contributed by atoms with Gasteiger partial charge >= 0.3 is 0 Å². The zero-order valence-electron chi connectivity index (χ0n) is 13.8. The molecule has 4 rings (SSSR count). The van der Waals surface area contributed by atoms with Crippen molar-refractivity contribution in [1.82, 2.24) is 0 Å². The maximum atomic E-state index is 2.69. The molecule has 0 N–H and O–H groups in total. The van der Waals surface area contributed by atoms with Crippen LogP contribution in [0.15, 0.2) is 0 Å². The van der Waals surface area contributed by atoms with Crippen molar-refractivity contribution < 1.29 is 0 Å². The van der Waals surface area contributed by atoms with Gasteiger partial charge in [0.25, 0.3) is 0 Å². The molecular formula is C19H32. The van der Waals surface area contributed by atoms with Gasteiger partial charge in [0, 0.05) is 0 Å². The average Bonchev–Trinajstić information content (AvgIpc) is 2.98. The standard InChI is InChI=1S/C19H32/c1-7-19-14-10-13-8-9-17(5,15(14)19)18(13,6)11-12(2)16(19,3)4/h12-15H,7-11H2,1-6H3. The van der Waals surface area contributed by atoms with Crippen LogP contribution in [0.3, 0.4) is 0 Å². The van der Waals surface area contributed by atoms with Gasteiger partial charge in [0.2, 0.25) is 0 Å². The lowest BCUT2D eigenvalue weighted by molar-refractivity contribution is -0.0198. The van der Waals surface area contributed by atoms with Crippen LogP contribution in [-0.4, -0.2) is 0 Å². The van der Waals surface area contributed by atoms with E-state index in [0.29, 0.717) is 21.7 Å². The lowest BCUT2D eigenvalue weighted by Gasteiger charge is -2.50. The highest BCUT2D eigenvalue weighted by molar-refractivity contribution is 5.31. The van der Waals surface area contributed by atoms with Gasteiger partial charge in [-0.2, -0.15) is 0 Å². The minimum atomic E-state index is 0.554. The number of rotatable bonds is 1. The molecule has 0 nitrogen and oxygen atoms in total. The maximum absolute atomic E-state index is 2.69. The van der Waals surface area contributed by atoms with Crippen molar-refractivity contribution in [1.29, 1.82) is 0 Å². The minimum absolute atomic E-state index is 0.554. The maximum Gasteiger partial charge on any atom is -0.0178 e. The molecule has 0 amide bonds. The van der Waals surface area contributed by atoms with Gasteiger partial charge in [-0.1, -0.05) is 41.5 Å². The zero-order chi connectivity index (χ0) is 13.8. The summed E-state index contributed by atoms with van der Waals surface area (Å²) in [6.45, 7) is 15.7. The molecule has 0 aromatic heterocycles. The summed E-state index contributed by atoms with van der Waals surface area (Å²) >= 11 is 0. The molecule has 0 aromatic carbocycles. The molecule has 0 spiro atoms. The van der Waals surface area contributed by atoms with Crippen LogP contribution in [0.5, 0.6) is 0 Å². The van der Waals surface area contributed by atoms with E-state index in [1.54, 1.807) is 6.42 Å². The van der Waals surface area contributed by atoms with Gasteiger partial charge in [-0.05, 0) is 77.4 Å². The number of hydrogen-bond acceptors (Lipinski definition) is 0. The molecule has 0 aliphatic heterocycles. The van der Waals surface area contributed by atoms with Gasteiger partial charge in [0.05, 0.1) is 0 Å². The van der Waals surface area contributed by atoms with E-state index in [9.17, 15) is 0 Å². The Hall–Kier alpha value is 0. The molecule has 19 heavy (non-hydrogen) atoms. The van der Waals surface area contributed by atoms with Crippen LogP contribution in [0.2, 0.25) is 0 Å². The van der Waals surface area contributed by atoms with E-state index >= 15 is 0 Å². The molecule has 0 radical (unpaired) electrons. The third kappa shape index (κ3) is 0.997. The first-order valence-corrected chi connectivity index (χ1v) is 8.75. The first-order valence-electron chi connectivity index (χ1n) is 8.75. The van der Waals surface area contributed by atoms with Crippen molar-refractivity contribution in [2.75, 3.05) is 0 Å². The molecule has 0 aromatic rings. The molecule has 7 unspecified atom stereocenters. The fourth-order valence-corrected chi connectivity index (χ4v) is 8.18. The van der Waals surface area contributed by atoms with E-state index in [2.05, 4.69) is 41.5 Å². The predicted molar refractivity (Wildman–Crippen MR) is 80.8 cm³/mol. The smallest absolute Gasteiger partial charge is 0.0178 e. The summed E-state index contributed by atoms with van der Waals surface area (Å²) in [5.41, 5.74) is 2.56. The van der Waals surface area contributed by atoms with E-state index in [1.807, 2.05) is 0 Å². The Balaban J connectivity index is 1.94. The Kier molecular flexibility index (Phi) is 2.07. The fourth-order valence-electron chi connectivity index (χ4n) is 8.18. The normalized spacial score (nSPS) is 64.7. The Morgan fingerprint density at radius 2 is 1.74 bits per heavy atom. The second kappa shape index (κ2) is 3.09. The average molecular weight is 260 g/mol. The molecule has 4 saturated carbocycles. The van der Waals surface area contributed by atoms with Gasteiger partial charge in [0.1, 0.15) is 0 Å². The lowest BCUT2D eigenvalue weighted by Crippen LogP contribution is -2.43. The summed E-state index contributed by atoms with van der Waals surface area (Å²) in [4.78, 5) is 0. The number of hydrogen-bond donors (Lipinski definition) is 0. The predicted octanol–water partition coefficient (Wildman–Crippen LogP) is 5.52. The highest BCUT2D eigenvalue weighted by Gasteiger charge is 2.83. The quantitative estimate of drug-likeness (QED) is 0.582. The van der Waals surface area contributed by atoms with Crippen LogP contribution in [0.25, 0.3) is 0 Å². The topological polar surface area (TPSA) is 0 Å². The van der Waals surface area contributed by atoms with Gasteiger partial charge in [-0.25, -0.2) is 0 Å². The Bertz CT molecular complexity index is 435. The summed E-state index contributed by atoms with van der Waals surface area (Å²) in [5, 5.41) is 0. The lowest BCUT2D eigenvalue weighted by atomic mass is 9.54. The Morgan fingerprint density at radius 1 is 1.05 bits per heavy atom. The fraction of sp³-hybridized carbons (Fsp3) is 1.00. The van der Waals surface area contributed by atoms with Crippen LogP contribution >= 0.6 is 0 Å².